The van der Waals surface area contributed by atoms with Gasteiger partial charge in [0.15, 0.2) is 0 Å². The molecule has 1 spiro atoms. The Morgan fingerprint density at radius 1 is 0.833 bits per heavy atom. The number of allylic oxidation sites excluding steroid dienone is 1. The summed E-state index contributed by atoms with van der Waals surface area (Å²) in [6, 6.07) is 37.7. The molecule has 1 heterocycles. The highest BCUT2D eigenvalue weighted by Gasteiger charge is 2.59. The van der Waals surface area contributed by atoms with Crippen molar-refractivity contribution in [1.29, 1.82) is 0 Å². The zero-order chi connectivity index (χ0) is 28.8. The lowest BCUT2D eigenvalue weighted by atomic mass is 9.65. The molecule has 0 bridgehead atoms. The molecule has 0 aromatic heterocycles. The first-order chi connectivity index (χ1) is 20.6. The van der Waals surface area contributed by atoms with E-state index in [9.17, 15) is 9.59 Å². The van der Waals surface area contributed by atoms with Gasteiger partial charge in [-0.25, -0.2) is 0 Å². The second-order valence-electron chi connectivity index (χ2n) is 11.2. The van der Waals surface area contributed by atoms with Crippen LogP contribution >= 0.6 is 0 Å². The quantitative estimate of drug-likeness (QED) is 0.239. The van der Waals surface area contributed by atoms with Crippen LogP contribution < -0.4 is 10.2 Å². The fourth-order valence-corrected chi connectivity index (χ4v) is 6.53. The number of anilines is 1. The van der Waals surface area contributed by atoms with E-state index in [0.29, 0.717) is 26.0 Å². The van der Waals surface area contributed by atoms with Crippen molar-refractivity contribution in [3.8, 4) is 0 Å². The van der Waals surface area contributed by atoms with Crippen molar-refractivity contribution < 1.29 is 14.3 Å². The molecule has 42 heavy (non-hydrogen) atoms. The van der Waals surface area contributed by atoms with Gasteiger partial charge in [0.05, 0.1) is 30.7 Å². The smallest absolute Gasteiger partial charge is 0.244 e. The maximum Gasteiger partial charge on any atom is 0.244 e. The van der Waals surface area contributed by atoms with Crippen molar-refractivity contribution in [2.45, 2.75) is 56.4 Å². The highest BCUT2D eigenvalue weighted by atomic mass is 16.5. The number of nitrogens with one attached hydrogen (secondary N) is 1. The first-order valence-corrected chi connectivity index (χ1v) is 14.8. The van der Waals surface area contributed by atoms with Gasteiger partial charge in [-0.3, -0.25) is 9.59 Å². The van der Waals surface area contributed by atoms with Gasteiger partial charge >= 0.3 is 0 Å². The minimum atomic E-state index is -0.909. The Kier molecular flexibility index (Phi) is 8.29. The SMILES string of the molecule is O=C(/C=C/Cc1ccccc1)N[C@H]1[C@H](OCc2ccccc2)CCC[C@@]12C(=O)N(Cc1ccccc1)c1ccccc12. The molecule has 6 rings (SSSR count). The third kappa shape index (κ3) is 5.65. The summed E-state index contributed by atoms with van der Waals surface area (Å²) in [6.45, 7) is 0.896. The van der Waals surface area contributed by atoms with Crippen molar-refractivity contribution in [1.82, 2.24) is 5.32 Å². The van der Waals surface area contributed by atoms with Gasteiger partial charge in [-0.05, 0) is 60.1 Å². The average Bonchev–Trinajstić information content (AvgIpc) is 3.26. The van der Waals surface area contributed by atoms with Gasteiger partial charge in [0.1, 0.15) is 0 Å². The number of para-hydroxylation sites is 1. The van der Waals surface area contributed by atoms with E-state index in [1.807, 2.05) is 120 Å². The zero-order valence-electron chi connectivity index (χ0n) is 23.7. The number of rotatable bonds is 9. The summed E-state index contributed by atoms with van der Waals surface area (Å²) < 4.78 is 6.55. The molecule has 1 saturated carbocycles. The molecule has 0 saturated heterocycles. The van der Waals surface area contributed by atoms with Crippen LogP contribution in [0.5, 0.6) is 0 Å². The molecular weight excluding hydrogens is 520 g/mol. The molecule has 0 radical (unpaired) electrons. The number of nitrogens with zero attached hydrogens (tertiary/aromatic N) is 1. The number of amides is 2. The molecule has 212 valence electrons. The van der Waals surface area contributed by atoms with Crippen molar-refractivity contribution in [2.24, 2.45) is 0 Å². The van der Waals surface area contributed by atoms with Gasteiger partial charge in [-0.1, -0.05) is 115 Å². The maximum absolute atomic E-state index is 14.7. The van der Waals surface area contributed by atoms with E-state index in [1.54, 1.807) is 6.08 Å². The molecule has 1 fully saturated rings. The van der Waals surface area contributed by atoms with E-state index in [0.717, 1.165) is 40.8 Å². The Bertz CT molecular complexity index is 1540. The summed E-state index contributed by atoms with van der Waals surface area (Å²) in [6.07, 6.45) is 6.06. The standard InChI is InChI=1S/C37H36N2O3/c40-34(24-12-20-28-14-4-1-5-15-28)38-35-33(42-27-30-18-8-3-9-19-30)23-13-25-37(35)31-21-10-11-22-32(31)39(36(37)41)26-29-16-6-2-7-17-29/h1-12,14-19,21-22,24,33,35H,13,20,23,25-27H2,(H,38,40)/b24-12+/t33-,35+,37+/m1/s1. The maximum atomic E-state index is 14.7. The molecule has 0 unspecified atom stereocenters. The van der Waals surface area contributed by atoms with E-state index in [4.69, 9.17) is 4.74 Å². The lowest BCUT2D eigenvalue weighted by Gasteiger charge is -2.45. The number of fused-ring (bicyclic) bond motifs is 2. The zero-order valence-corrected chi connectivity index (χ0v) is 23.7. The topological polar surface area (TPSA) is 58.6 Å². The van der Waals surface area contributed by atoms with Crippen LogP contribution in [-0.2, 0) is 39.3 Å². The van der Waals surface area contributed by atoms with Crippen molar-refractivity contribution in [3.05, 3.63) is 150 Å². The third-order valence-electron chi connectivity index (χ3n) is 8.52. The van der Waals surface area contributed by atoms with E-state index < -0.39 is 11.5 Å². The Hall–Kier alpha value is -4.48. The highest BCUT2D eigenvalue weighted by molar-refractivity contribution is 6.09. The molecule has 3 atom stereocenters. The van der Waals surface area contributed by atoms with Crippen LogP contribution in [0.2, 0.25) is 0 Å². The summed E-state index contributed by atoms with van der Waals surface area (Å²) in [7, 11) is 0. The third-order valence-corrected chi connectivity index (χ3v) is 8.52. The summed E-state index contributed by atoms with van der Waals surface area (Å²) in [4.78, 5) is 30.0. The highest BCUT2D eigenvalue weighted by Crippen LogP contribution is 2.51. The molecule has 5 heteroatoms. The molecule has 1 aliphatic carbocycles. The fourth-order valence-electron chi connectivity index (χ4n) is 6.53. The first kappa shape index (κ1) is 27.7. The van der Waals surface area contributed by atoms with Crippen LogP contribution in [0.25, 0.3) is 0 Å². The van der Waals surface area contributed by atoms with Gasteiger partial charge in [0, 0.05) is 5.69 Å². The Labute approximate surface area is 247 Å². The van der Waals surface area contributed by atoms with E-state index in [2.05, 4.69) is 11.4 Å². The van der Waals surface area contributed by atoms with Crippen molar-refractivity contribution >= 4 is 17.5 Å². The van der Waals surface area contributed by atoms with E-state index in [-0.39, 0.29) is 17.9 Å². The summed E-state index contributed by atoms with van der Waals surface area (Å²) in [5.41, 5.74) is 4.24. The Morgan fingerprint density at radius 3 is 2.17 bits per heavy atom. The number of hydrogen-bond donors (Lipinski definition) is 1. The fraction of sp³-hybridized carbons (Fsp3) is 0.243. The summed E-state index contributed by atoms with van der Waals surface area (Å²) in [5.74, 6) is -0.184. The lowest BCUT2D eigenvalue weighted by molar-refractivity contribution is -0.132. The van der Waals surface area contributed by atoms with Crippen LogP contribution in [0.4, 0.5) is 5.69 Å². The van der Waals surface area contributed by atoms with E-state index in [1.165, 1.54) is 0 Å². The molecule has 1 N–H and O–H groups in total. The second kappa shape index (κ2) is 12.6. The molecule has 1 aliphatic heterocycles. The summed E-state index contributed by atoms with van der Waals surface area (Å²) in [5, 5.41) is 3.28. The van der Waals surface area contributed by atoms with Crippen molar-refractivity contribution in [2.75, 3.05) is 4.90 Å². The molecule has 4 aromatic rings. The number of ether oxygens (including phenoxy) is 1. The van der Waals surface area contributed by atoms with Crippen LogP contribution in [0.15, 0.2) is 127 Å². The van der Waals surface area contributed by atoms with Gasteiger partial charge < -0.3 is 15.0 Å². The van der Waals surface area contributed by atoms with Gasteiger partial charge in [-0.2, -0.15) is 0 Å². The predicted molar refractivity (Wildman–Crippen MR) is 166 cm³/mol. The van der Waals surface area contributed by atoms with Crippen LogP contribution in [-0.4, -0.2) is 24.0 Å². The van der Waals surface area contributed by atoms with Gasteiger partial charge in [-0.15, -0.1) is 0 Å². The normalized spacial score (nSPS) is 21.5. The average molecular weight is 557 g/mol. The number of hydrogen-bond acceptors (Lipinski definition) is 3. The Morgan fingerprint density at radius 2 is 1.45 bits per heavy atom. The molecule has 2 aliphatic rings. The van der Waals surface area contributed by atoms with E-state index >= 15 is 0 Å². The van der Waals surface area contributed by atoms with Gasteiger partial charge in [0.25, 0.3) is 0 Å². The first-order valence-electron chi connectivity index (χ1n) is 14.8. The minimum Gasteiger partial charge on any atom is -0.371 e. The molecule has 5 nitrogen and oxygen atoms in total. The molecular formula is C37H36N2O3. The largest absolute Gasteiger partial charge is 0.371 e. The lowest BCUT2D eigenvalue weighted by Crippen LogP contribution is -2.63. The number of benzene rings is 4. The van der Waals surface area contributed by atoms with Crippen LogP contribution in [0, 0.1) is 0 Å². The summed E-state index contributed by atoms with van der Waals surface area (Å²) >= 11 is 0. The van der Waals surface area contributed by atoms with Crippen molar-refractivity contribution in [3.63, 3.8) is 0 Å². The monoisotopic (exact) mass is 556 g/mol. The van der Waals surface area contributed by atoms with Gasteiger partial charge in [0.2, 0.25) is 11.8 Å². The Balaban J connectivity index is 1.32. The van der Waals surface area contributed by atoms with Crippen LogP contribution in [0.3, 0.4) is 0 Å². The second-order valence-corrected chi connectivity index (χ2v) is 11.2. The van der Waals surface area contributed by atoms with Crippen LogP contribution in [0.1, 0.15) is 41.5 Å². The number of carbonyl (C=O) groups excluding carboxylic acids is 2. The minimum absolute atomic E-state index is 0.0270. The number of carbonyl (C=O) groups is 2. The molecule has 4 aromatic carbocycles. The predicted octanol–water partition coefficient (Wildman–Crippen LogP) is 6.52. The molecule has 2 amide bonds.